The van der Waals surface area contributed by atoms with Crippen molar-refractivity contribution in [3.8, 4) is 0 Å². The fourth-order valence-electron chi connectivity index (χ4n) is 1.51. The Labute approximate surface area is 117 Å². The molecule has 112 valence electrons. The van der Waals surface area contributed by atoms with Gasteiger partial charge in [-0.05, 0) is 38.5 Å². The van der Waals surface area contributed by atoms with Gasteiger partial charge in [0.1, 0.15) is 17.5 Å². The van der Waals surface area contributed by atoms with Gasteiger partial charge in [-0.3, -0.25) is 4.84 Å². The third-order valence-electron chi connectivity index (χ3n) is 2.32. The van der Waals surface area contributed by atoms with Crippen molar-refractivity contribution in [3.63, 3.8) is 0 Å². The van der Waals surface area contributed by atoms with Crippen LogP contribution in [0.5, 0.6) is 0 Å². The molecule has 0 bridgehead atoms. The van der Waals surface area contributed by atoms with Crippen LogP contribution in [0, 0.1) is 5.82 Å². The Morgan fingerprint density at radius 1 is 1.35 bits per heavy atom. The molecule has 1 atom stereocenters. The first-order valence-corrected chi connectivity index (χ1v) is 6.33. The van der Waals surface area contributed by atoms with Gasteiger partial charge >= 0.3 is 6.09 Å². The Kier molecular flexibility index (Phi) is 5.91. The molecule has 0 aliphatic heterocycles. The van der Waals surface area contributed by atoms with E-state index >= 15 is 0 Å². The lowest BCUT2D eigenvalue weighted by Gasteiger charge is -2.21. The minimum absolute atomic E-state index is 0.127. The highest BCUT2D eigenvalue weighted by Gasteiger charge is 2.18. The van der Waals surface area contributed by atoms with Crippen LogP contribution in [-0.4, -0.2) is 23.4 Å². The number of carbonyl (C=O) groups is 1. The summed E-state index contributed by atoms with van der Waals surface area (Å²) in [6, 6.07) is 5.64. The van der Waals surface area contributed by atoms with Crippen molar-refractivity contribution in [1.29, 1.82) is 0 Å². The molecule has 20 heavy (non-hydrogen) atoms. The molecule has 0 aliphatic carbocycles. The van der Waals surface area contributed by atoms with E-state index in [2.05, 4.69) is 5.48 Å². The second-order valence-corrected chi connectivity index (χ2v) is 5.27. The van der Waals surface area contributed by atoms with Crippen molar-refractivity contribution in [2.75, 3.05) is 6.61 Å². The third-order valence-corrected chi connectivity index (χ3v) is 2.32. The average Bonchev–Trinajstić information content (AvgIpc) is 2.33. The van der Waals surface area contributed by atoms with E-state index in [1.54, 1.807) is 20.8 Å². The number of hydrogen-bond donors (Lipinski definition) is 2. The molecule has 0 saturated heterocycles. The van der Waals surface area contributed by atoms with Gasteiger partial charge in [0.25, 0.3) is 0 Å². The van der Waals surface area contributed by atoms with E-state index in [0.29, 0.717) is 5.56 Å². The van der Waals surface area contributed by atoms with E-state index in [9.17, 15) is 9.18 Å². The SMILES string of the molecule is CC(C)(C)OC(=O)NOC(CCO)c1ccc(F)cc1. The van der Waals surface area contributed by atoms with E-state index in [-0.39, 0.29) is 18.8 Å². The Balaban J connectivity index is 2.59. The number of hydroxylamine groups is 1. The quantitative estimate of drug-likeness (QED) is 0.816. The van der Waals surface area contributed by atoms with Gasteiger partial charge in [0.2, 0.25) is 0 Å². The molecule has 5 nitrogen and oxygen atoms in total. The summed E-state index contributed by atoms with van der Waals surface area (Å²) < 4.78 is 17.9. The van der Waals surface area contributed by atoms with Crippen molar-refractivity contribution in [2.45, 2.75) is 38.9 Å². The maximum Gasteiger partial charge on any atom is 0.431 e. The van der Waals surface area contributed by atoms with E-state index in [1.807, 2.05) is 0 Å². The number of aliphatic hydroxyl groups excluding tert-OH is 1. The number of amides is 1. The van der Waals surface area contributed by atoms with Crippen LogP contribution in [0.15, 0.2) is 24.3 Å². The summed E-state index contributed by atoms with van der Waals surface area (Å²) in [5, 5.41) is 9.01. The Morgan fingerprint density at radius 2 is 1.95 bits per heavy atom. The lowest BCUT2D eigenvalue weighted by Crippen LogP contribution is -2.33. The molecule has 0 heterocycles. The van der Waals surface area contributed by atoms with Crippen LogP contribution in [0.2, 0.25) is 0 Å². The van der Waals surface area contributed by atoms with E-state index < -0.39 is 17.8 Å². The molecule has 0 saturated carbocycles. The normalized spacial score (nSPS) is 12.8. The van der Waals surface area contributed by atoms with Gasteiger partial charge in [0.05, 0.1) is 0 Å². The number of halogens is 1. The Morgan fingerprint density at radius 3 is 2.45 bits per heavy atom. The summed E-state index contributed by atoms with van der Waals surface area (Å²) in [4.78, 5) is 16.7. The second-order valence-electron chi connectivity index (χ2n) is 5.27. The van der Waals surface area contributed by atoms with Crippen LogP contribution in [0.1, 0.15) is 38.9 Å². The summed E-state index contributed by atoms with van der Waals surface area (Å²) in [6.45, 7) is 5.07. The smallest absolute Gasteiger partial charge is 0.431 e. The van der Waals surface area contributed by atoms with Crippen molar-refractivity contribution < 1.29 is 23.9 Å². The van der Waals surface area contributed by atoms with Crippen LogP contribution < -0.4 is 5.48 Å². The Bertz CT molecular complexity index is 428. The molecular weight excluding hydrogens is 265 g/mol. The molecule has 0 aromatic heterocycles. The van der Waals surface area contributed by atoms with E-state index in [4.69, 9.17) is 14.7 Å². The monoisotopic (exact) mass is 285 g/mol. The maximum atomic E-state index is 12.9. The first-order chi connectivity index (χ1) is 9.31. The molecule has 0 aliphatic rings. The summed E-state index contributed by atoms with van der Waals surface area (Å²) in [5.74, 6) is -0.364. The van der Waals surface area contributed by atoms with Gasteiger partial charge in [0.15, 0.2) is 0 Å². The third kappa shape index (κ3) is 5.99. The highest BCUT2D eigenvalue weighted by atomic mass is 19.1. The molecule has 0 fully saturated rings. The van der Waals surface area contributed by atoms with Crippen molar-refractivity contribution in [1.82, 2.24) is 5.48 Å². The predicted molar refractivity (Wildman–Crippen MR) is 71.3 cm³/mol. The van der Waals surface area contributed by atoms with Gasteiger partial charge in [-0.1, -0.05) is 12.1 Å². The number of rotatable bonds is 5. The fourth-order valence-corrected chi connectivity index (χ4v) is 1.51. The average molecular weight is 285 g/mol. The topological polar surface area (TPSA) is 67.8 Å². The highest BCUT2D eigenvalue weighted by molar-refractivity contribution is 5.66. The zero-order chi connectivity index (χ0) is 15.2. The van der Waals surface area contributed by atoms with Gasteiger partial charge in [-0.25, -0.2) is 9.18 Å². The predicted octanol–water partition coefficient (Wildman–Crippen LogP) is 2.71. The molecule has 0 radical (unpaired) electrons. The van der Waals surface area contributed by atoms with Crippen molar-refractivity contribution in [3.05, 3.63) is 35.6 Å². The van der Waals surface area contributed by atoms with Crippen LogP contribution in [0.25, 0.3) is 0 Å². The minimum atomic E-state index is -0.720. The number of carbonyl (C=O) groups excluding carboxylic acids is 1. The van der Waals surface area contributed by atoms with Crippen LogP contribution in [-0.2, 0) is 9.57 Å². The molecule has 1 aromatic rings. The van der Waals surface area contributed by atoms with Gasteiger partial charge in [-0.15, -0.1) is 0 Å². The highest BCUT2D eigenvalue weighted by Crippen LogP contribution is 2.20. The van der Waals surface area contributed by atoms with Crippen LogP contribution >= 0.6 is 0 Å². The Hall–Kier alpha value is -1.66. The zero-order valence-corrected chi connectivity index (χ0v) is 11.9. The summed E-state index contributed by atoms with van der Waals surface area (Å²) >= 11 is 0. The van der Waals surface area contributed by atoms with Gasteiger partial charge in [0, 0.05) is 13.0 Å². The number of benzene rings is 1. The van der Waals surface area contributed by atoms with E-state index in [1.165, 1.54) is 24.3 Å². The minimum Gasteiger partial charge on any atom is -0.442 e. The molecule has 0 spiro atoms. The van der Waals surface area contributed by atoms with E-state index in [0.717, 1.165) is 0 Å². The van der Waals surface area contributed by atoms with Crippen LogP contribution in [0.3, 0.4) is 0 Å². The fraction of sp³-hybridized carbons (Fsp3) is 0.500. The maximum absolute atomic E-state index is 12.9. The molecule has 1 amide bonds. The zero-order valence-electron chi connectivity index (χ0n) is 11.9. The van der Waals surface area contributed by atoms with Crippen molar-refractivity contribution in [2.24, 2.45) is 0 Å². The molecule has 1 unspecified atom stereocenters. The number of aliphatic hydroxyl groups is 1. The molecule has 1 aromatic carbocycles. The standard InChI is InChI=1S/C14H20FNO4/c1-14(2,3)19-13(18)16-20-12(8-9-17)10-4-6-11(15)7-5-10/h4-7,12,17H,8-9H2,1-3H3,(H,16,18). The summed E-state index contributed by atoms with van der Waals surface area (Å²) in [5.41, 5.74) is 2.19. The lowest BCUT2D eigenvalue weighted by atomic mass is 10.1. The number of nitrogens with one attached hydrogen (secondary N) is 1. The summed E-state index contributed by atoms with van der Waals surface area (Å²) in [6.07, 6.45) is -1.03. The van der Waals surface area contributed by atoms with Gasteiger partial charge < -0.3 is 9.84 Å². The molecule has 6 heteroatoms. The lowest BCUT2D eigenvalue weighted by molar-refractivity contribution is -0.0505. The first kappa shape index (κ1) is 16.4. The van der Waals surface area contributed by atoms with Crippen molar-refractivity contribution >= 4 is 6.09 Å². The summed E-state index contributed by atoms with van der Waals surface area (Å²) in [7, 11) is 0. The number of ether oxygens (including phenoxy) is 1. The molecule has 2 N–H and O–H groups in total. The molecule has 1 rings (SSSR count). The largest absolute Gasteiger partial charge is 0.442 e. The van der Waals surface area contributed by atoms with Crippen LogP contribution in [0.4, 0.5) is 9.18 Å². The number of hydrogen-bond acceptors (Lipinski definition) is 4. The molecular formula is C14H20FNO4. The van der Waals surface area contributed by atoms with Gasteiger partial charge in [-0.2, -0.15) is 5.48 Å². The first-order valence-electron chi connectivity index (χ1n) is 6.33. The second kappa shape index (κ2) is 7.21.